The number of aliphatic hydroxyl groups is 1. The van der Waals surface area contributed by atoms with Crippen molar-refractivity contribution in [3.63, 3.8) is 0 Å². The molecule has 3 aromatic rings. The van der Waals surface area contributed by atoms with Crippen LogP contribution in [0.1, 0.15) is 22.0 Å². The number of carbonyl (C=O) groups is 2. The first-order valence-electron chi connectivity index (χ1n) is 9.73. The average molecular weight is 470 g/mol. The number of likely N-dealkylation sites (tertiary alicyclic amines) is 1. The third-order valence-electron chi connectivity index (χ3n) is 5.27. The minimum absolute atomic E-state index is 0.000965. The van der Waals surface area contributed by atoms with E-state index in [2.05, 4.69) is 0 Å². The van der Waals surface area contributed by atoms with Crippen LogP contribution >= 0.6 is 22.9 Å². The first-order chi connectivity index (χ1) is 15.4. The van der Waals surface area contributed by atoms with Gasteiger partial charge in [0.25, 0.3) is 11.7 Å². The van der Waals surface area contributed by atoms with Crippen LogP contribution in [-0.4, -0.2) is 35.9 Å². The molecule has 1 amide bonds. The Morgan fingerprint density at radius 3 is 2.50 bits per heavy atom. The third kappa shape index (κ3) is 3.97. The van der Waals surface area contributed by atoms with Crippen molar-refractivity contribution < 1.29 is 24.2 Å². The minimum atomic E-state index is -0.809. The van der Waals surface area contributed by atoms with E-state index in [0.717, 1.165) is 4.88 Å². The van der Waals surface area contributed by atoms with Crippen LogP contribution in [0.2, 0.25) is 5.02 Å². The number of methoxy groups -OCH3 is 2. The summed E-state index contributed by atoms with van der Waals surface area (Å²) in [6, 6.07) is 14.7. The van der Waals surface area contributed by atoms with Gasteiger partial charge in [-0.05, 0) is 41.3 Å². The van der Waals surface area contributed by atoms with Gasteiger partial charge >= 0.3 is 0 Å². The molecule has 164 valence electrons. The summed E-state index contributed by atoms with van der Waals surface area (Å²) in [4.78, 5) is 28.6. The average Bonchev–Trinajstić information content (AvgIpc) is 3.40. The zero-order chi connectivity index (χ0) is 22.8. The maximum absolute atomic E-state index is 13.1. The lowest BCUT2D eigenvalue weighted by Crippen LogP contribution is -2.28. The number of rotatable bonds is 6. The second-order valence-corrected chi connectivity index (χ2v) is 8.60. The van der Waals surface area contributed by atoms with E-state index in [1.54, 1.807) is 42.5 Å². The van der Waals surface area contributed by atoms with Crippen LogP contribution in [0.5, 0.6) is 11.5 Å². The Bertz CT molecular complexity index is 1200. The Balaban J connectivity index is 1.90. The Morgan fingerprint density at radius 1 is 1.06 bits per heavy atom. The van der Waals surface area contributed by atoms with E-state index < -0.39 is 17.7 Å². The van der Waals surface area contributed by atoms with Gasteiger partial charge in [0.2, 0.25) is 0 Å². The van der Waals surface area contributed by atoms with Gasteiger partial charge in [0.05, 0.1) is 32.4 Å². The van der Waals surface area contributed by atoms with Crippen LogP contribution in [0.4, 0.5) is 0 Å². The van der Waals surface area contributed by atoms with Gasteiger partial charge in [-0.1, -0.05) is 35.9 Å². The van der Waals surface area contributed by atoms with Gasteiger partial charge in [0, 0.05) is 15.5 Å². The zero-order valence-electron chi connectivity index (χ0n) is 17.4. The Labute approximate surface area is 194 Å². The van der Waals surface area contributed by atoms with Crippen LogP contribution in [0.3, 0.4) is 0 Å². The molecular weight excluding hydrogens is 450 g/mol. The molecule has 1 aliphatic rings. The molecule has 0 saturated carbocycles. The molecular formula is C24H20ClNO5S. The lowest BCUT2D eigenvalue weighted by atomic mass is 9.95. The molecule has 0 bridgehead atoms. The number of aliphatic hydroxyl groups excluding tert-OH is 1. The molecule has 1 unspecified atom stereocenters. The summed E-state index contributed by atoms with van der Waals surface area (Å²) in [5.41, 5.74) is 0.972. The minimum Gasteiger partial charge on any atom is -0.507 e. The van der Waals surface area contributed by atoms with Crippen LogP contribution < -0.4 is 9.47 Å². The number of halogens is 1. The maximum Gasteiger partial charge on any atom is 0.295 e. The number of Topliss-reactive ketones (excluding diaryl/α,β-unsaturated/α-hetero) is 1. The smallest absolute Gasteiger partial charge is 0.295 e. The van der Waals surface area contributed by atoms with E-state index in [4.69, 9.17) is 21.1 Å². The number of hydrogen-bond acceptors (Lipinski definition) is 6. The molecule has 0 aliphatic carbocycles. The number of thiophene rings is 1. The summed E-state index contributed by atoms with van der Waals surface area (Å²) in [5, 5.41) is 13.4. The van der Waals surface area contributed by atoms with E-state index in [1.165, 1.54) is 30.5 Å². The van der Waals surface area contributed by atoms with Crippen LogP contribution in [0.15, 0.2) is 65.6 Å². The SMILES string of the molecule is COc1ccc(C2/C(=C(/O)c3cccc(Cl)c3)C(=O)C(=O)N2Cc2cccs2)cc1OC. The highest BCUT2D eigenvalue weighted by Crippen LogP contribution is 2.43. The second-order valence-electron chi connectivity index (χ2n) is 7.13. The molecule has 2 aromatic carbocycles. The predicted molar refractivity (Wildman–Crippen MR) is 123 cm³/mol. The molecule has 0 radical (unpaired) electrons. The maximum atomic E-state index is 13.1. The first kappa shape index (κ1) is 21.9. The molecule has 32 heavy (non-hydrogen) atoms. The van der Waals surface area contributed by atoms with Crippen molar-refractivity contribution in [2.24, 2.45) is 0 Å². The first-order valence-corrected chi connectivity index (χ1v) is 11.0. The van der Waals surface area contributed by atoms with Crippen molar-refractivity contribution in [3.8, 4) is 11.5 Å². The molecule has 1 fully saturated rings. The summed E-state index contributed by atoms with van der Waals surface area (Å²) in [5.74, 6) is -0.740. The fourth-order valence-electron chi connectivity index (χ4n) is 3.77. The normalized spacial score (nSPS) is 17.6. The highest BCUT2D eigenvalue weighted by atomic mass is 35.5. The lowest BCUT2D eigenvalue weighted by Gasteiger charge is -2.25. The summed E-state index contributed by atoms with van der Waals surface area (Å²) >= 11 is 7.57. The molecule has 1 aliphatic heterocycles. The van der Waals surface area contributed by atoms with E-state index in [-0.39, 0.29) is 17.9 Å². The standard InChI is InChI=1S/C24H20ClNO5S/c1-30-18-9-8-14(12-19(18)31-2)21-20(22(27)15-5-3-6-16(25)11-15)23(28)24(29)26(21)13-17-7-4-10-32-17/h3-12,21,27H,13H2,1-2H3/b22-20-. The van der Waals surface area contributed by atoms with E-state index >= 15 is 0 Å². The predicted octanol–water partition coefficient (Wildman–Crippen LogP) is 5.04. The molecule has 1 atom stereocenters. The van der Waals surface area contributed by atoms with Gasteiger partial charge in [0.1, 0.15) is 5.76 Å². The van der Waals surface area contributed by atoms with Gasteiger partial charge in [-0.3, -0.25) is 9.59 Å². The number of nitrogens with zero attached hydrogens (tertiary/aromatic N) is 1. The quantitative estimate of drug-likeness (QED) is 0.311. The number of hydrogen-bond donors (Lipinski definition) is 1. The van der Waals surface area contributed by atoms with Gasteiger partial charge < -0.3 is 19.5 Å². The van der Waals surface area contributed by atoms with Gasteiger partial charge in [0.15, 0.2) is 11.5 Å². The molecule has 1 N–H and O–H groups in total. The van der Waals surface area contributed by atoms with Gasteiger partial charge in [-0.2, -0.15) is 0 Å². The fourth-order valence-corrected chi connectivity index (χ4v) is 4.67. The van der Waals surface area contributed by atoms with Crippen LogP contribution in [0, 0.1) is 0 Å². The monoisotopic (exact) mass is 469 g/mol. The molecule has 8 heteroatoms. The molecule has 1 aromatic heterocycles. The number of ketones is 1. The van der Waals surface area contributed by atoms with Crippen LogP contribution in [0.25, 0.3) is 5.76 Å². The fraction of sp³-hybridized carbons (Fsp3) is 0.167. The Kier molecular flexibility index (Phi) is 6.21. The topological polar surface area (TPSA) is 76.1 Å². The zero-order valence-corrected chi connectivity index (χ0v) is 18.9. The van der Waals surface area contributed by atoms with Gasteiger partial charge in [-0.25, -0.2) is 0 Å². The summed E-state index contributed by atoms with van der Waals surface area (Å²) in [6.07, 6.45) is 0. The number of carbonyl (C=O) groups excluding carboxylic acids is 2. The molecule has 1 saturated heterocycles. The van der Waals surface area contributed by atoms with Crippen molar-refractivity contribution >= 4 is 40.4 Å². The van der Waals surface area contributed by atoms with Crippen molar-refractivity contribution in [2.75, 3.05) is 14.2 Å². The number of amides is 1. The number of benzene rings is 2. The third-order valence-corrected chi connectivity index (χ3v) is 6.36. The summed E-state index contributed by atoms with van der Waals surface area (Å²) in [7, 11) is 3.04. The Morgan fingerprint density at radius 2 is 1.84 bits per heavy atom. The van der Waals surface area contributed by atoms with E-state index in [9.17, 15) is 14.7 Å². The molecule has 4 rings (SSSR count). The van der Waals surface area contributed by atoms with Crippen molar-refractivity contribution in [2.45, 2.75) is 12.6 Å². The Hall–Kier alpha value is -3.29. The highest BCUT2D eigenvalue weighted by molar-refractivity contribution is 7.09. The van der Waals surface area contributed by atoms with Crippen LogP contribution in [-0.2, 0) is 16.1 Å². The van der Waals surface area contributed by atoms with Crippen molar-refractivity contribution in [1.82, 2.24) is 4.90 Å². The second kappa shape index (κ2) is 9.06. The van der Waals surface area contributed by atoms with E-state index in [0.29, 0.717) is 27.6 Å². The van der Waals surface area contributed by atoms with Gasteiger partial charge in [-0.15, -0.1) is 11.3 Å². The highest BCUT2D eigenvalue weighted by Gasteiger charge is 2.46. The van der Waals surface area contributed by atoms with Crippen molar-refractivity contribution in [1.29, 1.82) is 0 Å². The van der Waals surface area contributed by atoms with Crippen molar-refractivity contribution in [3.05, 3.63) is 86.6 Å². The summed E-state index contributed by atoms with van der Waals surface area (Å²) < 4.78 is 10.7. The number of ether oxygens (including phenoxy) is 2. The molecule has 0 spiro atoms. The largest absolute Gasteiger partial charge is 0.507 e. The summed E-state index contributed by atoms with van der Waals surface area (Å²) in [6.45, 7) is 0.230. The molecule has 6 nitrogen and oxygen atoms in total. The van der Waals surface area contributed by atoms with E-state index in [1.807, 2.05) is 17.5 Å². The molecule has 2 heterocycles. The lowest BCUT2D eigenvalue weighted by molar-refractivity contribution is -0.140.